The van der Waals surface area contributed by atoms with Gasteiger partial charge in [0.05, 0.1) is 18.8 Å². The number of nitrogens with zero attached hydrogens (tertiary/aromatic N) is 1. The van der Waals surface area contributed by atoms with Crippen LogP contribution in [0.3, 0.4) is 0 Å². The molecule has 0 saturated carbocycles. The second-order valence-corrected chi connectivity index (χ2v) is 4.56. The first kappa shape index (κ1) is 25.0. The van der Waals surface area contributed by atoms with E-state index in [0.29, 0.717) is 0 Å². The molecule has 0 saturated heterocycles. The van der Waals surface area contributed by atoms with E-state index in [9.17, 15) is 4.79 Å². The maximum Gasteiger partial charge on any atom is 2.00 e. The molecule has 0 spiro atoms. The van der Waals surface area contributed by atoms with E-state index < -0.39 is 5.97 Å². The van der Waals surface area contributed by atoms with Crippen LogP contribution in [0.1, 0.15) is 20.3 Å². The van der Waals surface area contributed by atoms with Gasteiger partial charge in [-0.3, -0.25) is 9.59 Å². The maximum absolute atomic E-state index is 9.31. The third kappa shape index (κ3) is 15.0. The second-order valence-electron chi connectivity index (χ2n) is 4.56. The van der Waals surface area contributed by atoms with Crippen molar-refractivity contribution in [1.82, 2.24) is 4.98 Å². The predicted molar refractivity (Wildman–Crippen MR) is 95.1 cm³/mol. The van der Waals surface area contributed by atoms with Crippen LogP contribution in [0.4, 0.5) is 0 Å². The molecule has 2 rings (SSSR count). The zero-order chi connectivity index (χ0) is 18.4. The molecule has 0 radical (unpaired) electrons. The molecule has 1 aromatic heterocycles. The third-order valence-electron chi connectivity index (χ3n) is 2.28. The minimum Gasteiger partial charge on any atom is -0.512 e. The Morgan fingerprint density at radius 3 is 2.16 bits per heavy atom. The average Bonchev–Trinajstić information content (AvgIpc) is 2.56. The Labute approximate surface area is 162 Å². The maximum atomic E-state index is 9.31. The smallest absolute Gasteiger partial charge is 0.512 e. The Bertz CT molecular complexity index is 601. The number of carbonyl (C=O) groups excluding carboxylic acids is 1. The standard InChI is InChI=1S/C11H8N.C5H8O2.C3H5O2.Pt/c1-2-6-10(7-3-1)11-8-4-5-9-12-11;1-4(6)3-5(2)7;1-2-3(4)5;/h1-6,8-9H;3,6H,1-2H3;1-2H2,(H,4,5);/q-1;;-1;+2/p+1/b;4-3-;;. The van der Waals surface area contributed by atoms with Gasteiger partial charge in [-0.2, -0.15) is 0 Å². The van der Waals surface area contributed by atoms with Gasteiger partial charge >= 0.3 is 26.8 Å². The Hall–Kier alpha value is -2.26. The summed E-state index contributed by atoms with van der Waals surface area (Å²) < 4.78 is 0. The SMILES string of the molecule is CC(=[OH+])/C=C(/C)O.[CH2-]CC(=O)O.[Pt+2].[c-]1ccccc1-c1ccccn1. The van der Waals surface area contributed by atoms with Crippen LogP contribution < -0.4 is 0 Å². The number of hydrogen-bond acceptors (Lipinski definition) is 3. The zero-order valence-corrected chi connectivity index (χ0v) is 16.4. The van der Waals surface area contributed by atoms with Crippen LogP contribution in [0.5, 0.6) is 0 Å². The minimum absolute atomic E-state index is 0. The molecule has 136 valence electrons. The number of allylic oxidation sites excluding steroid dienone is 2. The number of aliphatic carboxylic acids is 1. The molecule has 6 heteroatoms. The normalized spacial score (nSPS) is 9.32. The van der Waals surface area contributed by atoms with Crippen molar-refractivity contribution >= 4 is 11.8 Å². The predicted octanol–water partition coefficient (Wildman–Crippen LogP) is 3.85. The zero-order valence-electron chi connectivity index (χ0n) is 14.1. The first-order chi connectivity index (χ1) is 11.4. The van der Waals surface area contributed by atoms with E-state index in [1.165, 1.54) is 19.9 Å². The first-order valence-electron chi connectivity index (χ1n) is 7.15. The van der Waals surface area contributed by atoms with Gasteiger partial charge in [0.15, 0.2) is 0 Å². The van der Waals surface area contributed by atoms with Gasteiger partial charge in [-0.15, -0.1) is 35.9 Å². The number of rotatable bonds is 3. The number of pyridine rings is 1. The summed E-state index contributed by atoms with van der Waals surface area (Å²) in [6.07, 6.45) is 3.04. The van der Waals surface area contributed by atoms with Crippen molar-refractivity contribution in [3.63, 3.8) is 0 Å². The number of carbonyl (C=O) groups is 1. The third-order valence-corrected chi connectivity index (χ3v) is 2.28. The van der Waals surface area contributed by atoms with Crippen molar-refractivity contribution in [3.05, 3.63) is 73.5 Å². The van der Waals surface area contributed by atoms with E-state index in [-0.39, 0.29) is 39.0 Å². The van der Waals surface area contributed by atoms with Crippen LogP contribution >= 0.6 is 0 Å². The van der Waals surface area contributed by atoms with Gasteiger partial charge in [0.25, 0.3) is 5.97 Å². The molecule has 0 atom stereocenters. The molecule has 0 unspecified atom stereocenters. The van der Waals surface area contributed by atoms with Gasteiger partial charge in [0.1, 0.15) is 0 Å². The van der Waals surface area contributed by atoms with E-state index in [1.807, 2.05) is 42.5 Å². The number of aliphatic hydroxyl groups excluding tert-OH is 1. The Morgan fingerprint density at radius 2 is 1.84 bits per heavy atom. The summed E-state index contributed by atoms with van der Waals surface area (Å²) in [7, 11) is 0. The van der Waals surface area contributed by atoms with Crippen molar-refractivity contribution in [2.24, 2.45) is 0 Å². The number of carboxylic acids is 1. The molecule has 25 heavy (non-hydrogen) atoms. The molecular weight excluding hydrogens is 501 g/mol. The molecule has 0 aliphatic carbocycles. The fraction of sp³-hybridized carbons (Fsp3) is 0.158. The molecule has 0 aliphatic heterocycles. The van der Waals surface area contributed by atoms with Gasteiger partial charge in [-0.1, -0.05) is 18.6 Å². The molecule has 2 aromatic rings. The quantitative estimate of drug-likeness (QED) is 0.277. The van der Waals surface area contributed by atoms with Crippen LogP contribution in [0.2, 0.25) is 0 Å². The van der Waals surface area contributed by atoms with E-state index >= 15 is 0 Å². The monoisotopic (exact) mass is 523 g/mol. The van der Waals surface area contributed by atoms with Gasteiger partial charge in [0.2, 0.25) is 0 Å². The van der Waals surface area contributed by atoms with Crippen LogP contribution in [0.25, 0.3) is 11.3 Å². The molecule has 0 amide bonds. The van der Waals surface area contributed by atoms with Crippen LogP contribution in [-0.2, 0) is 25.9 Å². The van der Waals surface area contributed by atoms with E-state index in [1.54, 1.807) is 6.20 Å². The van der Waals surface area contributed by atoms with Crippen molar-refractivity contribution < 1.29 is 40.9 Å². The summed E-state index contributed by atoms with van der Waals surface area (Å²) in [4.78, 5) is 21.9. The summed E-state index contributed by atoms with van der Waals surface area (Å²) in [5.74, 6) is -0.606. The van der Waals surface area contributed by atoms with Gasteiger partial charge < -0.3 is 22.1 Å². The van der Waals surface area contributed by atoms with E-state index in [4.69, 9.17) is 15.0 Å². The van der Waals surface area contributed by atoms with Crippen molar-refractivity contribution in [3.8, 4) is 11.3 Å². The molecule has 3 N–H and O–H groups in total. The van der Waals surface area contributed by atoms with Gasteiger partial charge in [-0.05, 0) is 18.7 Å². The second kappa shape index (κ2) is 15.3. The summed E-state index contributed by atoms with van der Waals surface area (Å²) in [6.45, 7) is 6.09. The molecule has 5 nitrogen and oxygen atoms in total. The largest absolute Gasteiger partial charge is 2.00 e. The Balaban J connectivity index is 0. The topological polar surface area (TPSA) is 91.8 Å². The molecule has 1 heterocycles. The summed E-state index contributed by atoms with van der Waals surface area (Å²) in [5, 5.41) is 16.1. The molecule has 0 aliphatic rings. The van der Waals surface area contributed by atoms with Crippen molar-refractivity contribution in [2.75, 3.05) is 0 Å². The van der Waals surface area contributed by atoms with Crippen LogP contribution in [-0.4, -0.2) is 31.7 Å². The minimum atomic E-state index is -0.856. The first-order valence-corrected chi connectivity index (χ1v) is 7.15. The Kier molecular flexibility index (Phi) is 15.3. The van der Waals surface area contributed by atoms with Gasteiger partial charge in [0, 0.05) is 6.20 Å². The number of carboxylic acid groups (broad SMARTS) is 1. The molecule has 1 aromatic carbocycles. The van der Waals surface area contributed by atoms with Crippen molar-refractivity contribution in [2.45, 2.75) is 20.3 Å². The van der Waals surface area contributed by atoms with E-state index in [0.717, 1.165) is 11.3 Å². The average molecular weight is 523 g/mol. The summed E-state index contributed by atoms with van der Waals surface area (Å²) in [5.41, 5.74) is 2.01. The van der Waals surface area contributed by atoms with Crippen LogP contribution in [0.15, 0.2) is 60.5 Å². The molecular formula is C19H22NO4Pt+. The fourth-order valence-electron chi connectivity index (χ4n) is 1.38. The number of ketones is 1. The van der Waals surface area contributed by atoms with Gasteiger partial charge in [-0.25, -0.2) is 0 Å². The van der Waals surface area contributed by atoms with Crippen LogP contribution in [0, 0.1) is 13.0 Å². The molecule has 0 bridgehead atoms. The summed E-state index contributed by atoms with van der Waals surface area (Å²) in [6, 6.07) is 16.8. The number of hydrogen-bond donors (Lipinski definition) is 2. The van der Waals surface area contributed by atoms with E-state index in [2.05, 4.69) is 18.0 Å². The summed E-state index contributed by atoms with van der Waals surface area (Å²) >= 11 is 0. The number of aliphatic hydroxyl groups is 1. The Morgan fingerprint density at radius 1 is 1.24 bits per heavy atom. The fourth-order valence-corrected chi connectivity index (χ4v) is 1.38. The van der Waals surface area contributed by atoms with Crippen molar-refractivity contribution in [1.29, 1.82) is 0 Å². The molecule has 0 fully saturated rings. The number of benzene rings is 1. The number of aromatic nitrogens is 1.